The van der Waals surface area contributed by atoms with Crippen LogP contribution in [0.2, 0.25) is 5.15 Å². The van der Waals surface area contributed by atoms with Crippen LogP contribution in [-0.2, 0) is 9.84 Å². The summed E-state index contributed by atoms with van der Waals surface area (Å²) in [6, 6.07) is 11.3. The van der Waals surface area contributed by atoms with Crippen LogP contribution in [0.25, 0.3) is 21.8 Å². The molecule has 0 aliphatic rings. The minimum absolute atomic E-state index is 0.0923. The van der Waals surface area contributed by atoms with Crippen LogP contribution in [0.15, 0.2) is 41.4 Å². The molecule has 3 aromatic rings. The van der Waals surface area contributed by atoms with Crippen molar-refractivity contribution in [3.05, 3.63) is 41.6 Å². The lowest BCUT2D eigenvalue weighted by Crippen LogP contribution is -2.03. The Balaban J connectivity index is 2.52. The topological polar surface area (TPSA) is 59.9 Å². The molecule has 1 aromatic heterocycles. The smallest absolute Gasteiger partial charge is 0.195 e. The Bertz CT molecular complexity index is 907. The van der Waals surface area contributed by atoms with Gasteiger partial charge in [-0.05, 0) is 11.5 Å². The number of benzene rings is 2. The molecule has 0 aliphatic carbocycles. The van der Waals surface area contributed by atoms with E-state index in [9.17, 15) is 8.42 Å². The van der Waals surface area contributed by atoms with Gasteiger partial charge in [-0.15, -0.1) is 0 Å². The molecule has 96 valence electrons. The lowest BCUT2D eigenvalue weighted by molar-refractivity contribution is 0.598. The van der Waals surface area contributed by atoms with Crippen LogP contribution in [0.3, 0.4) is 0 Å². The number of rotatable bonds is 1. The largest absolute Gasteiger partial charge is 0.231 e. The van der Waals surface area contributed by atoms with E-state index in [4.69, 9.17) is 11.6 Å². The average molecular weight is 293 g/mol. The summed E-state index contributed by atoms with van der Waals surface area (Å²) in [5, 5.41) is 1.56. The SMILES string of the molecule is CS(=O)(=O)c1nc2c(ccc3ccccc32)nc1Cl. The molecule has 0 spiro atoms. The maximum atomic E-state index is 11.6. The van der Waals surface area contributed by atoms with E-state index in [2.05, 4.69) is 9.97 Å². The summed E-state index contributed by atoms with van der Waals surface area (Å²) >= 11 is 5.89. The monoisotopic (exact) mass is 292 g/mol. The third-order valence-corrected chi connectivity index (χ3v) is 4.20. The first-order chi connectivity index (χ1) is 8.97. The number of aromatic nitrogens is 2. The lowest BCUT2D eigenvalue weighted by atomic mass is 10.1. The van der Waals surface area contributed by atoms with Gasteiger partial charge in [-0.1, -0.05) is 41.9 Å². The normalized spacial score (nSPS) is 12.1. The van der Waals surface area contributed by atoms with Gasteiger partial charge in [-0.3, -0.25) is 0 Å². The van der Waals surface area contributed by atoms with Crippen molar-refractivity contribution in [2.75, 3.05) is 6.26 Å². The van der Waals surface area contributed by atoms with Gasteiger partial charge in [0.15, 0.2) is 20.0 Å². The van der Waals surface area contributed by atoms with Gasteiger partial charge in [0.25, 0.3) is 0 Å². The van der Waals surface area contributed by atoms with E-state index in [1.54, 1.807) is 6.07 Å². The molecule has 0 saturated heterocycles. The van der Waals surface area contributed by atoms with Crippen LogP contribution in [0, 0.1) is 0 Å². The van der Waals surface area contributed by atoms with E-state index >= 15 is 0 Å². The van der Waals surface area contributed by atoms with Crippen molar-refractivity contribution in [1.29, 1.82) is 0 Å². The molecule has 3 rings (SSSR count). The number of nitrogens with zero attached hydrogens (tertiary/aromatic N) is 2. The molecule has 0 radical (unpaired) electrons. The Labute approximate surface area is 115 Å². The molecule has 6 heteroatoms. The highest BCUT2D eigenvalue weighted by Crippen LogP contribution is 2.26. The van der Waals surface area contributed by atoms with E-state index < -0.39 is 9.84 Å². The van der Waals surface area contributed by atoms with E-state index in [1.165, 1.54) is 0 Å². The van der Waals surface area contributed by atoms with Gasteiger partial charge >= 0.3 is 0 Å². The van der Waals surface area contributed by atoms with Crippen LogP contribution >= 0.6 is 11.6 Å². The van der Waals surface area contributed by atoms with Crippen LogP contribution in [0.1, 0.15) is 0 Å². The van der Waals surface area contributed by atoms with E-state index in [0.717, 1.165) is 17.0 Å². The molecule has 0 fully saturated rings. The van der Waals surface area contributed by atoms with Crippen LogP contribution < -0.4 is 0 Å². The summed E-state index contributed by atoms with van der Waals surface area (Å²) in [5.41, 5.74) is 1.12. The van der Waals surface area contributed by atoms with Gasteiger partial charge in [0, 0.05) is 11.6 Å². The fourth-order valence-corrected chi connectivity index (χ4v) is 3.15. The molecule has 19 heavy (non-hydrogen) atoms. The van der Waals surface area contributed by atoms with Crippen molar-refractivity contribution in [2.45, 2.75) is 5.03 Å². The van der Waals surface area contributed by atoms with Gasteiger partial charge in [0.2, 0.25) is 0 Å². The zero-order valence-corrected chi connectivity index (χ0v) is 11.5. The van der Waals surface area contributed by atoms with Crippen molar-refractivity contribution >= 4 is 43.2 Å². The Morgan fingerprint density at radius 3 is 2.53 bits per heavy atom. The second-order valence-corrected chi connectivity index (χ2v) is 6.54. The third kappa shape index (κ3) is 2.05. The number of sulfone groups is 1. The molecule has 0 aliphatic heterocycles. The number of hydrogen-bond donors (Lipinski definition) is 0. The fourth-order valence-electron chi connectivity index (χ4n) is 1.99. The van der Waals surface area contributed by atoms with Crippen molar-refractivity contribution in [2.24, 2.45) is 0 Å². The van der Waals surface area contributed by atoms with Crippen LogP contribution in [0.4, 0.5) is 0 Å². The molecule has 4 nitrogen and oxygen atoms in total. The van der Waals surface area contributed by atoms with Gasteiger partial charge in [0.1, 0.15) is 0 Å². The lowest BCUT2D eigenvalue weighted by Gasteiger charge is -2.06. The quantitative estimate of drug-likeness (QED) is 0.647. The first kappa shape index (κ1) is 12.3. The van der Waals surface area contributed by atoms with Gasteiger partial charge < -0.3 is 0 Å². The van der Waals surface area contributed by atoms with Crippen LogP contribution in [-0.4, -0.2) is 24.6 Å². The van der Waals surface area contributed by atoms with E-state index in [1.807, 2.05) is 30.3 Å². The molecule has 0 saturated carbocycles. The van der Waals surface area contributed by atoms with Crippen molar-refractivity contribution in [3.8, 4) is 0 Å². The zero-order chi connectivity index (χ0) is 13.6. The second-order valence-electron chi connectivity index (χ2n) is 4.25. The molecular formula is C13H9ClN2O2S. The minimum Gasteiger partial charge on any atom is -0.231 e. The molecule has 0 bridgehead atoms. The highest BCUT2D eigenvalue weighted by molar-refractivity contribution is 7.90. The summed E-state index contributed by atoms with van der Waals surface area (Å²) in [4.78, 5) is 8.31. The van der Waals surface area contributed by atoms with Gasteiger partial charge in [-0.2, -0.15) is 0 Å². The van der Waals surface area contributed by atoms with Gasteiger partial charge in [-0.25, -0.2) is 18.4 Å². The average Bonchev–Trinajstić information content (AvgIpc) is 2.36. The molecule has 0 N–H and O–H groups in total. The standard InChI is InChI=1S/C13H9ClN2O2S/c1-19(17,18)13-12(14)15-10-7-6-8-4-2-3-5-9(8)11(10)16-13/h2-7H,1H3. The van der Waals surface area contributed by atoms with Crippen molar-refractivity contribution in [3.63, 3.8) is 0 Å². The minimum atomic E-state index is -3.50. The number of hydrogen-bond acceptors (Lipinski definition) is 4. The molecule has 0 atom stereocenters. The first-order valence-electron chi connectivity index (χ1n) is 5.52. The highest BCUT2D eigenvalue weighted by atomic mass is 35.5. The summed E-state index contributed by atoms with van der Waals surface area (Å²) < 4.78 is 23.3. The Kier molecular flexibility index (Phi) is 2.69. The molecule has 1 heterocycles. The van der Waals surface area contributed by atoms with E-state index in [0.29, 0.717) is 11.0 Å². The van der Waals surface area contributed by atoms with Crippen LogP contribution in [0.5, 0.6) is 0 Å². The molecule has 2 aromatic carbocycles. The van der Waals surface area contributed by atoms with E-state index in [-0.39, 0.29) is 10.2 Å². The third-order valence-electron chi connectivity index (χ3n) is 2.84. The maximum Gasteiger partial charge on any atom is 0.195 e. The fraction of sp³-hybridized carbons (Fsp3) is 0.0769. The molecule has 0 unspecified atom stereocenters. The molecular weight excluding hydrogens is 284 g/mol. The number of fused-ring (bicyclic) bond motifs is 3. The Morgan fingerprint density at radius 2 is 1.79 bits per heavy atom. The molecule has 0 amide bonds. The Morgan fingerprint density at radius 1 is 1.05 bits per heavy atom. The second kappa shape index (κ2) is 4.15. The van der Waals surface area contributed by atoms with Crippen molar-refractivity contribution in [1.82, 2.24) is 9.97 Å². The van der Waals surface area contributed by atoms with Crippen molar-refractivity contribution < 1.29 is 8.42 Å². The number of halogens is 1. The highest BCUT2D eigenvalue weighted by Gasteiger charge is 2.17. The summed E-state index contributed by atoms with van der Waals surface area (Å²) in [5.74, 6) is 0. The maximum absolute atomic E-state index is 11.6. The summed E-state index contributed by atoms with van der Waals surface area (Å²) in [6.07, 6.45) is 1.07. The summed E-state index contributed by atoms with van der Waals surface area (Å²) in [6.45, 7) is 0. The predicted octanol–water partition coefficient (Wildman–Crippen LogP) is 2.84. The van der Waals surface area contributed by atoms with Gasteiger partial charge in [0.05, 0.1) is 11.0 Å². The predicted molar refractivity (Wildman–Crippen MR) is 75.2 cm³/mol. The first-order valence-corrected chi connectivity index (χ1v) is 7.79. The summed E-state index contributed by atoms with van der Waals surface area (Å²) in [7, 11) is -3.50. The zero-order valence-electron chi connectivity index (χ0n) is 9.96. The Hall–Kier alpha value is -1.72.